The van der Waals surface area contributed by atoms with Gasteiger partial charge in [0.25, 0.3) is 0 Å². The first-order valence-corrected chi connectivity index (χ1v) is 12.8. The van der Waals surface area contributed by atoms with Gasteiger partial charge in [0.2, 0.25) is 0 Å². The summed E-state index contributed by atoms with van der Waals surface area (Å²) >= 11 is 0. The first-order chi connectivity index (χ1) is 20.0. The highest BCUT2D eigenvalue weighted by molar-refractivity contribution is 5.80. The minimum atomic E-state index is -4.73. The van der Waals surface area contributed by atoms with Gasteiger partial charge in [-0.15, -0.1) is 0 Å². The molecule has 0 radical (unpaired) electrons. The van der Waals surface area contributed by atoms with Crippen LogP contribution in [0.15, 0.2) is 55.5 Å². The average Bonchev–Trinajstić information content (AvgIpc) is 3.43. The molecule has 0 spiro atoms. The van der Waals surface area contributed by atoms with E-state index in [-0.39, 0.29) is 35.4 Å². The van der Waals surface area contributed by atoms with Crippen LogP contribution in [-0.2, 0) is 25.9 Å². The lowest BCUT2D eigenvalue weighted by atomic mass is 10.1. The third-order valence-corrected chi connectivity index (χ3v) is 7.21. The van der Waals surface area contributed by atoms with Gasteiger partial charge in [-0.1, -0.05) is 24.3 Å². The second kappa shape index (κ2) is 9.09. The second-order valence-electron chi connectivity index (χ2n) is 10.1. The summed E-state index contributed by atoms with van der Waals surface area (Å²) in [7, 11) is 1.49. The number of rotatable bonds is 5. The molecule has 15 heteroatoms. The number of alkyl halides is 6. The van der Waals surface area contributed by atoms with Crippen LogP contribution in [-0.4, -0.2) is 43.4 Å². The van der Waals surface area contributed by atoms with Gasteiger partial charge in [-0.3, -0.25) is 4.40 Å². The monoisotopic (exact) mass is 583 g/mol. The van der Waals surface area contributed by atoms with E-state index in [1.54, 1.807) is 45.8 Å². The van der Waals surface area contributed by atoms with Crippen LogP contribution in [0.3, 0.4) is 0 Å². The maximum Gasteiger partial charge on any atom is 0.434 e. The van der Waals surface area contributed by atoms with Crippen molar-refractivity contribution in [1.29, 1.82) is 0 Å². The van der Waals surface area contributed by atoms with Crippen LogP contribution in [0.1, 0.15) is 41.4 Å². The van der Waals surface area contributed by atoms with Crippen molar-refractivity contribution in [3.05, 3.63) is 78.2 Å². The minimum absolute atomic E-state index is 0.112. The van der Waals surface area contributed by atoms with Crippen LogP contribution in [0, 0.1) is 0 Å². The first-order valence-electron chi connectivity index (χ1n) is 12.8. The number of aryl methyl sites for hydroxylation is 1. The molecule has 1 aliphatic rings. The van der Waals surface area contributed by atoms with Crippen molar-refractivity contribution >= 4 is 16.8 Å². The van der Waals surface area contributed by atoms with Crippen LogP contribution in [0.2, 0.25) is 0 Å². The van der Waals surface area contributed by atoms with Crippen LogP contribution in [0.5, 0.6) is 0 Å². The van der Waals surface area contributed by atoms with Crippen molar-refractivity contribution in [2.75, 3.05) is 0 Å². The molecule has 0 aliphatic heterocycles. The molecule has 0 N–H and O–H groups in total. The first kappa shape index (κ1) is 26.1. The smallest absolute Gasteiger partial charge is 0.333 e. The molecule has 5 heterocycles. The van der Waals surface area contributed by atoms with Crippen molar-refractivity contribution in [3.8, 4) is 22.8 Å². The van der Waals surface area contributed by atoms with Crippen LogP contribution in [0.4, 0.5) is 26.3 Å². The SMILES string of the molecule is Cn1cc(C(F)(F)F)nc1-c1ccc(Cn2c3nc(-c4c(C5CC5)ncnc4C(F)(F)F)ncc3n3cncc23)cc1. The minimum Gasteiger partial charge on any atom is -0.333 e. The fraction of sp³-hybridized carbons (Fsp3) is 0.259. The Morgan fingerprint density at radius 3 is 2.33 bits per heavy atom. The molecule has 0 bridgehead atoms. The summed E-state index contributed by atoms with van der Waals surface area (Å²) < 4.78 is 86.2. The van der Waals surface area contributed by atoms with E-state index in [4.69, 9.17) is 0 Å². The molecule has 1 fully saturated rings. The molecule has 214 valence electrons. The zero-order valence-electron chi connectivity index (χ0n) is 21.7. The number of nitrogens with zero attached hydrogens (tertiary/aromatic N) is 9. The molecule has 0 atom stereocenters. The summed E-state index contributed by atoms with van der Waals surface area (Å²) in [6.07, 6.45) is -1.37. The standard InChI is InChI=1S/C27H19F6N9/c1-40-11-18(26(28,29)30)38-24(40)16-4-2-14(3-5-16)10-41-19-9-34-13-42(19)17-8-35-23(39-25(17)41)20-21(15-6-7-15)36-12-37-22(20)27(31,32)33/h2-5,8-9,11-13,15H,6-7,10H2,1H3. The number of imidazole rings is 3. The summed E-state index contributed by atoms with van der Waals surface area (Å²) in [5, 5.41) is 0. The van der Waals surface area contributed by atoms with Gasteiger partial charge in [-0.05, 0) is 18.4 Å². The molecule has 1 aromatic carbocycles. The van der Waals surface area contributed by atoms with Gasteiger partial charge < -0.3 is 9.13 Å². The molecule has 42 heavy (non-hydrogen) atoms. The Kier molecular flexibility index (Phi) is 5.65. The van der Waals surface area contributed by atoms with Gasteiger partial charge in [0, 0.05) is 24.7 Å². The molecule has 1 saturated carbocycles. The third-order valence-electron chi connectivity index (χ3n) is 7.21. The van der Waals surface area contributed by atoms with E-state index < -0.39 is 23.7 Å². The Morgan fingerprint density at radius 1 is 0.905 bits per heavy atom. The highest BCUT2D eigenvalue weighted by Gasteiger charge is 2.41. The van der Waals surface area contributed by atoms with Crippen LogP contribution >= 0.6 is 0 Å². The van der Waals surface area contributed by atoms with E-state index in [9.17, 15) is 26.3 Å². The van der Waals surface area contributed by atoms with Crippen molar-refractivity contribution in [3.63, 3.8) is 0 Å². The van der Waals surface area contributed by atoms with Gasteiger partial charge in [0.1, 0.15) is 29.6 Å². The van der Waals surface area contributed by atoms with E-state index >= 15 is 0 Å². The summed E-state index contributed by atoms with van der Waals surface area (Å²) in [5.74, 6) is -0.0785. The Hall–Kier alpha value is -4.82. The van der Waals surface area contributed by atoms with Gasteiger partial charge in [-0.2, -0.15) is 26.3 Å². The molecule has 9 nitrogen and oxygen atoms in total. The quantitative estimate of drug-likeness (QED) is 0.235. The van der Waals surface area contributed by atoms with Crippen molar-refractivity contribution in [2.45, 2.75) is 37.7 Å². The maximum absolute atomic E-state index is 14.0. The van der Waals surface area contributed by atoms with E-state index in [2.05, 4.69) is 29.9 Å². The Morgan fingerprint density at radius 2 is 1.67 bits per heavy atom. The van der Waals surface area contributed by atoms with Crippen LogP contribution in [0.25, 0.3) is 39.6 Å². The molecule has 0 saturated heterocycles. The zero-order valence-corrected chi connectivity index (χ0v) is 21.7. The molecular formula is C27H19F6N9. The van der Waals surface area contributed by atoms with E-state index in [1.165, 1.54) is 17.8 Å². The molecule has 6 aromatic rings. The molecule has 1 aliphatic carbocycles. The lowest BCUT2D eigenvalue weighted by Crippen LogP contribution is -2.14. The summed E-state index contributed by atoms with van der Waals surface area (Å²) in [6.45, 7) is 0.247. The topological polar surface area (TPSA) is 91.6 Å². The number of hydrogen-bond donors (Lipinski definition) is 0. The highest BCUT2D eigenvalue weighted by Crippen LogP contribution is 2.46. The summed E-state index contributed by atoms with van der Waals surface area (Å²) in [4.78, 5) is 24.5. The number of aromatic nitrogens is 9. The van der Waals surface area contributed by atoms with E-state index in [0.29, 0.717) is 22.4 Å². The van der Waals surface area contributed by atoms with Gasteiger partial charge >= 0.3 is 12.4 Å². The molecule has 0 amide bonds. The highest BCUT2D eigenvalue weighted by atomic mass is 19.4. The second-order valence-corrected chi connectivity index (χ2v) is 10.1. The lowest BCUT2D eigenvalue weighted by Gasteiger charge is -2.14. The molecule has 7 rings (SSSR count). The van der Waals surface area contributed by atoms with Crippen molar-refractivity contribution in [2.24, 2.45) is 7.05 Å². The van der Waals surface area contributed by atoms with Crippen LogP contribution < -0.4 is 0 Å². The van der Waals surface area contributed by atoms with Gasteiger partial charge in [0.15, 0.2) is 22.9 Å². The van der Waals surface area contributed by atoms with Gasteiger partial charge in [0.05, 0.1) is 30.2 Å². The molecular weight excluding hydrogens is 564 g/mol. The Bertz CT molecular complexity index is 1960. The fourth-order valence-electron chi connectivity index (χ4n) is 5.11. The fourth-order valence-corrected chi connectivity index (χ4v) is 5.11. The Balaban J connectivity index is 1.30. The third kappa shape index (κ3) is 4.35. The predicted molar refractivity (Wildman–Crippen MR) is 137 cm³/mol. The Labute approximate surface area is 232 Å². The maximum atomic E-state index is 14.0. The summed E-state index contributed by atoms with van der Waals surface area (Å²) in [5.41, 5.74) is 0.791. The van der Waals surface area contributed by atoms with E-state index in [1.807, 2.05) is 0 Å². The number of halogens is 6. The van der Waals surface area contributed by atoms with E-state index in [0.717, 1.165) is 30.9 Å². The number of fused-ring (bicyclic) bond motifs is 3. The van der Waals surface area contributed by atoms with Gasteiger partial charge in [-0.25, -0.2) is 29.9 Å². The number of hydrogen-bond acceptors (Lipinski definition) is 6. The lowest BCUT2D eigenvalue weighted by molar-refractivity contribution is -0.141. The largest absolute Gasteiger partial charge is 0.434 e. The van der Waals surface area contributed by atoms with Crippen molar-refractivity contribution < 1.29 is 26.3 Å². The normalized spacial score (nSPS) is 14.4. The molecule has 5 aromatic heterocycles. The summed E-state index contributed by atoms with van der Waals surface area (Å²) in [6, 6.07) is 6.82. The average molecular weight is 584 g/mol. The number of benzene rings is 1. The zero-order chi connectivity index (χ0) is 29.4. The van der Waals surface area contributed by atoms with Crippen molar-refractivity contribution in [1.82, 2.24) is 43.4 Å². The molecule has 0 unspecified atom stereocenters. The predicted octanol–water partition coefficient (Wildman–Crippen LogP) is 5.90.